The van der Waals surface area contributed by atoms with E-state index in [9.17, 15) is 0 Å². The summed E-state index contributed by atoms with van der Waals surface area (Å²) in [5.74, 6) is 2.31. The number of rotatable bonds is 6. The molecule has 1 aliphatic rings. The Hall–Kier alpha value is -1.68. The molecule has 1 aliphatic carbocycles. The van der Waals surface area contributed by atoms with E-state index in [-0.39, 0.29) is 0 Å². The van der Waals surface area contributed by atoms with Crippen molar-refractivity contribution in [2.45, 2.75) is 59.4 Å². The summed E-state index contributed by atoms with van der Waals surface area (Å²) < 4.78 is 0. The van der Waals surface area contributed by atoms with Gasteiger partial charge in [0.25, 0.3) is 0 Å². The van der Waals surface area contributed by atoms with Gasteiger partial charge in [0, 0.05) is 24.7 Å². The first kappa shape index (κ1) is 18.1. The average Bonchev–Trinajstić information content (AvgIpc) is 3.00. The quantitative estimate of drug-likeness (QED) is 0.796. The Morgan fingerprint density at radius 1 is 1.04 bits per heavy atom. The fourth-order valence-corrected chi connectivity index (χ4v) is 4.06. The van der Waals surface area contributed by atoms with E-state index in [0.717, 1.165) is 29.6 Å². The highest BCUT2D eigenvalue weighted by molar-refractivity contribution is 5.57. The van der Waals surface area contributed by atoms with E-state index >= 15 is 0 Å². The van der Waals surface area contributed by atoms with Crippen LogP contribution in [0.1, 0.15) is 51.7 Å². The lowest BCUT2D eigenvalue weighted by molar-refractivity contribution is 0.143. The predicted molar refractivity (Wildman–Crippen MR) is 103 cm³/mol. The van der Waals surface area contributed by atoms with Crippen LogP contribution in [0.2, 0.25) is 0 Å². The van der Waals surface area contributed by atoms with E-state index in [1.165, 1.54) is 43.5 Å². The lowest BCUT2D eigenvalue weighted by Gasteiger charge is -2.34. The molecule has 136 valence electrons. The maximum absolute atomic E-state index is 4.29. The van der Waals surface area contributed by atoms with Crippen molar-refractivity contribution in [3.8, 4) is 11.4 Å². The largest absolute Gasteiger partial charge is 0.300 e. The Morgan fingerprint density at radius 3 is 2.32 bits per heavy atom. The minimum atomic E-state index is 0.700. The van der Waals surface area contributed by atoms with Gasteiger partial charge in [-0.25, -0.2) is 4.98 Å². The van der Waals surface area contributed by atoms with Gasteiger partial charge in [-0.2, -0.15) is 5.10 Å². The lowest BCUT2D eigenvalue weighted by Crippen LogP contribution is -2.40. The number of aryl methyl sites for hydroxylation is 2. The maximum atomic E-state index is 4.29. The van der Waals surface area contributed by atoms with Crippen molar-refractivity contribution < 1.29 is 0 Å². The van der Waals surface area contributed by atoms with E-state index in [1.807, 2.05) is 0 Å². The van der Waals surface area contributed by atoms with Crippen LogP contribution in [0.3, 0.4) is 0 Å². The van der Waals surface area contributed by atoms with Crippen LogP contribution >= 0.6 is 0 Å². The van der Waals surface area contributed by atoms with Gasteiger partial charge in [0.1, 0.15) is 6.33 Å². The molecule has 25 heavy (non-hydrogen) atoms. The molecular formula is C21H32N4. The van der Waals surface area contributed by atoms with Gasteiger partial charge in [0.15, 0.2) is 5.82 Å². The fraction of sp³-hybridized carbons (Fsp3) is 0.619. The molecule has 1 aromatic carbocycles. The average molecular weight is 341 g/mol. The number of aromatic amines is 1. The molecule has 0 fully saturated rings. The summed E-state index contributed by atoms with van der Waals surface area (Å²) in [6.45, 7) is 11.8. The summed E-state index contributed by atoms with van der Waals surface area (Å²) in [4.78, 5) is 7.04. The Morgan fingerprint density at radius 2 is 1.72 bits per heavy atom. The highest BCUT2D eigenvalue weighted by Gasteiger charge is 2.23. The van der Waals surface area contributed by atoms with E-state index in [2.05, 4.69) is 66.0 Å². The topological polar surface area (TPSA) is 44.8 Å². The van der Waals surface area contributed by atoms with Crippen LogP contribution < -0.4 is 0 Å². The highest BCUT2D eigenvalue weighted by Crippen LogP contribution is 2.28. The zero-order chi connectivity index (χ0) is 17.8. The van der Waals surface area contributed by atoms with Crippen molar-refractivity contribution in [2.75, 3.05) is 13.1 Å². The molecule has 1 unspecified atom stereocenters. The number of aromatic nitrogens is 3. The number of fused-ring (bicyclic) bond motifs is 1. The first-order chi connectivity index (χ1) is 12.0. The smallest absolute Gasteiger partial charge is 0.155 e. The van der Waals surface area contributed by atoms with Crippen LogP contribution in [0, 0.1) is 11.8 Å². The van der Waals surface area contributed by atoms with Crippen molar-refractivity contribution in [1.29, 1.82) is 0 Å². The minimum absolute atomic E-state index is 0.700. The molecule has 0 aliphatic heterocycles. The monoisotopic (exact) mass is 340 g/mol. The predicted octanol–water partition coefficient (Wildman–Crippen LogP) is 4.33. The maximum Gasteiger partial charge on any atom is 0.155 e. The van der Waals surface area contributed by atoms with Gasteiger partial charge in [-0.05, 0) is 54.7 Å². The SMILES string of the molecule is CC(C)CN(CC(C)C)C1CCc2ccc(-c3ncn[nH]3)cc2CC1. The van der Waals surface area contributed by atoms with Gasteiger partial charge in [0.05, 0.1) is 0 Å². The number of hydrogen-bond acceptors (Lipinski definition) is 3. The van der Waals surface area contributed by atoms with E-state index in [1.54, 1.807) is 6.33 Å². The Bertz CT molecular complexity index is 651. The molecule has 1 N–H and O–H groups in total. The van der Waals surface area contributed by atoms with Crippen molar-refractivity contribution in [2.24, 2.45) is 11.8 Å². The summed E-state index contributed by atoms with van der Waals surface area (Å²) >= 11 is 0. The van der Waals surface area contributed by atoms with Crippen LogP contribution in [0.5, 0.6) is 0 Å². The van der Waals surface area contributed by atoms with Crippen molar-refractivity contribution in [3.63, 3.8) is 0 Å². The molecule has 0 bridgehead atoms. The normalized spacial score (nSPS) is 18.0. The van der Waals surface area contributed by atoms with E-state index < -0.39 is 0 Å². The molecule has 3 rings (SSSR count). The molecule has 0 saturated heterocycles. The second kappa shape index (κ2) is 8.13. The van der Waals surface area contributed by atoms with Gasteiger partial charge >= 0.3 is 0 Å². The molecule has 0 amide bonds. The zero-order valence-electron chi connectivity index (χ0n) is 16.1. The van der Waals surface area contributed by atoms with E-state index in [4.69, 9.17) is 0 Å². The Kier molecular flexibility index (Phi) is 5.89. The van der Waals surface area contributed by atoms with Gasteiger partial charge in [-0.1, -0.05) is 39.8 Å². The minimum Gasteiger partial charge on any atom is -0.300 e. The van der Waals surface area contributed by atoms with Crippen LogP contribution in [0.15, 0.2) is 24.5 Å². The number of nitrogens with zero attached hydrogens (tertiary/aromatic N) is 3. The second-order valence-electron chi connectivity index (χ2n) is 8.29. The molecule has 1 aromatic heterocycles. The first-order valence-electron chi connectivity index (χ1n) is 9.74. The standard InChI is InChI=1S/C21H32N4/c1-15(2)12-25(13-16(3)4)20-9-7-17-5-6-19(11-18(17)8-10-20)21-22-14-23-24-21/h5-6,11,14-16,20H,7-10,12-13H2,1-4H3,(H,22,23,24). The molecule has 0 spiro atoms. The number of benzene rings is 1. The molecule has 1 heterocycles. The van der Waals surface area contributed by atoms with Crippen molar-refractivity contribution in [3.05, 3.63) is 35.7 Å². The van der Waals surface area contributed by atoms with Crippen molar-refractivity contribution in [1.82, 2.24) is 20.1 Å². The Balaban J connectivity index is 1.74. The summed E-state index contributed by atoms with van der Waals surface area (Å²) in [7, 11) is 0. The zero-order valence-corrected chi connectivity index (χ0v) is 16.1. The van der Waals surface area contributed by atoms with Crippen LogP contribution in [0.25, 0.3) is 11.4 Å². The fourth-order valence-electron chi connectivity index (χ4n) is 4.06. The third kappa shape index (κ3) is 4.69. The molecule has 1 atom stereocenters. The Labute approximate surface area is 152 Å². The van der Waals surface area contributed by atoms with Crippen LogP contribution in [-0.4, -0.2) is 39.2 Å². The lowest BCUT2D eigenvalue weighted by atomic mass is 10.00. The van der Waals surface area contributed by atoms with Gasteiger partial charge < -0.3 is 0 Å². The molecule has 2 aromatic rings. The van der Waals surface area contributed by atoms with Gasteiger partial charge in [0.2, 0.25) is 0 Å². The number of H-pyrrole nitrogens is 1. The first-order valence-corrected chi connectivity index (χ1v) is 9.74. The van der Waals surface area contributed by atoms with Gasteiger partial charge in [-0.3, -0.25) is 10.00 Å². The third-order valence-corrected chi connectivity index (χ3v) is 5.10. The van der Waals surface area contributed by atoms with E-state index in [0.29, 0.717) is 6.04 Å². The van der Waals surface area contributed by atoms with Gasteiger partial charge in [-0.15, -0.1) is 0 Å². The van der Waals surface area contributed by atoms with Crippen LogP contribution in [-0.2, 0) is 12.8 Å². The summed E-state index contributed by atoms with van der Waals surface area (Å²) in [5, 5.41) is 6.95. The number of nitrogens with one attached hydrogen (secondary N) is 1. The van der Waals surface area contributed by atoms with Crippen LogP contribution in [0.4, 0.5) is 0 Å². The number of hydrogen-bond donors (Lipinski definition) is 1. The summed E-state index contributed by atoms with van der Waals surface area (Å²) in [5.41, 5.74) is 4.15. The van der Waals surface area contributed by atoms with Crippen molar-refractivity contribution >= 4 is 0 Å². The summed E-state index contributed by atoms with van der Waals surface area (Å²) in [6.07, 6.45) is 6.45. The molecule has 0 saturated carbocycles. The molecule has 0 radical (unpaired) electrons. The molecular weight excluding hydrogens is 308 g/mol. The third-order valence-electron chi connectivity index (χ3n) is 5.10. The second-order valence-corrected chi connectivity index (χ2v) is 8.29. The molecule has 4 nitrogen and oxygen atoms in total. The highest BCUT2D eigenvalue weighted by atomic mass is 15.2. The molecule has 4 heteroatoms. The summed E-state index contributed by atoms with van der Waals surface area (Å²) in [6, 6.07) is 7.49.